The number of anilines is 2. The van der Waals surface area contributed by atoms with Gasteiger partial charge in [0.25, 0.3) is 0 Å². The van der Waals surface area contributed by atoms with Crippen molar-refractivity contribution in [1.29, 1.82) is 0 Å². The molecule has 0 aliphatic rings. The summed E-state index contributed by atoms with van der Waals surface area (Å²) in [5.41, 5.74) is 3.35. The van der Waals surface area contributed by atoms with Gasteiger partial charge in [0.2, 0.25) is 15.9 Å². The Morgan fingerprint density at radius 2 is 1.48 bits per heavy atom. The summed E-state index contributed by atoms with van der Waals surface area (Å²) >= 11 is 0. The van der Waals surface area contributed by atoms with Gasteiger partial charge < -0.3 is 5.32 Å². The molecule has 2 aromatic carbocycles. The molecular weight excluding hydrogens is 336 g/mol. The first-order chi connectivity index (χ1) is 11.9. The molecule has 1 amide bonds. The minimum Gasteiger partial charge on any atom is -0.326 e. The van der Waals surface area contributed by atoms with Crippen molar-refractivity contribution in [3.8, 4) is 0 Å². The zero-order chi connectivity index (χ0) is 18.3. The van der Waals surface area contributed by atoms with Gasteiger partial charge in [0, 0.05) is 11.4 Å². The van der Waals surface area contributed by atoms with Crippen molar-refractivity contribution in [1.82, 2.24) is 0 Å². The van der Waals surface area contributed by atoms with Crippen LogP contribution in [0.3, 0.4) is 0 Å². The molecule has 0 aliphatic heterocycles. The van der Waals surface area contributed by atoms with E-state index in [1.165, 1.54) is 18.4 Å². The van der Waals surface area contributed by atoms with E-state index in [-0.39, 0.29) is 5.91 Å². The van der Waals surface area contributed by atoms with Gasteiger partial charge in [-0.3, -0.25) is 9.52 Å². The maximum atomic E-state index is 12.1. The number of sulfonamides is 1. The number of hydrogen-bond acceptors (Lipinski definition) is 3. The molecule has 0 saturated carbocycles. The standard InChI is InChI=1S/C19H24N2O3S/c1-3-4-5-15-6-8-16(9-7-15)14-19(22)20-17-10-12-18(13-11-17)21-25(2,23)24/h6-13,21H,3-5,14H2,1-2H3,(H,20,22). The van der Waals surface area contributed by atoms with E-state index in [4.69, 9.17) is 0 Å². The second-order valence-electron chi connectivity index (χ2n) is 6.10. The average molecular weight is 360 g/mol. The molecule has 0 saturated heterocycles. The fourth-order valence-electron chi connectivity index (χ4n) is 2.43. The Kier molecular flexibility index (Phi) is 6.58. The van der Waals surface area contributed by atoms with Crippen molar-refractivity contribution in [3.05, 3.63) is 59.7 Å². The minimum absolute atomic E-state index is 0.106. The largest absolute Gasteiger partial charge is 0.326 e. The Labute approximate surface area is 149 Å². The highest BCUT2D eigenvalue weighted by atomic mass is 32.2. The van der Waals surface area contributed by atoms with E-state index in [0.29, 0.717) is 17.8 Å². The minimum atomic E-state index is -3.30. The fraction of sp³-hybridized carbons (Fsp3) is 0.316. The topological polar surface area (TPSA) is 75.3 Å². The summed E-state index contributed by atoms with van der Waals surface area (Å²) in [5, 5.41) is 2.81. The summed E-state index contributed by atoms with van der Waals surface area (Å²) in [7, 11) is -3.30. The van der Waals surface area contributed by atoms with Gasteiger partial charge in [-0.15, -0.1) is 0 Å². The van der Waals surface area contributed by atoms with E-state index in [0.717, 1.165) is 18.2 Å². The van der Waals surface area contributed by atoms with Gasteiger partial charge in [-0.25, -0.2) is 8.42 Å². The Bertz CT molecular complexity index is 798. The molecular formula is C19H24N2O3S. The molecule has 0 aliphatic carbocycles. The number of rotatable bonds is 8. The number of hydrogen-bond donors (Lipinski definition) is 2. The van der Waals surface area contributed by atoms with Crippen LogP contribution in [0.15, 0.2) is 48.5 Å². The van der Waals surface area contributed by atoms with Crippen LogP contribution in [0.4, 0.5) is 11.4 Å². The molecule has 0 fully saturated rings. The fourth-order valence-corrected chi connectivity index (χ4v) is 3.00. The molecule has 0 unspecified atom stereocenters. The SMILES string of the molecule is CCCCc1ccc(CC(=O)Nc2ccc(NS(C)(=O)=O)cc2)cc1. The predicted octanol–water partition coefficient (Wildman–Crippen LogP) is 3.58. The molecule has 25 heavy (non-hydrogen) atoms. The highest BCUT2D eigenvalue weighted by molar-refractivity contribution is 7.92. The van der Waals surface area contributed by atoms with Crippen LogP contribution in [0, 0.1) is 0 Å². The monoisotopic (exact) mass is 360 g/mol. The molecule has 6 heteroatoms. The molecule has 0 bridgehead atoms. The Morgan fingerprint density at radius 3 is 2.04 bits per heavy atom. The molecule has 2 aromatic rings. The first kappa shape index (κ1) is 19.0. The quantitative estimate of drug-likeness (QED) is 0.755. The molecule has 0 atom stereocenters. The van der Waals surface area contributed by atoms with Crippen LogP contribution >= 0.6 is 0 Å². The molecule has 0 heterocycles. The van der Waals surface area contributed by atoms with Crippen molar-refractivity contribution < 1.29 is 13.2 Å². The average Bonchev–Trinajstić information content (AvgIpc) is 2.55. The molecule has 2 rings (SSSR count). The molecule has 0 radical (unpaired) electrons. The molecule has 134 valence electrons. The van der Waals surface area contributed by atoms with Crippen molar-refractivity contribution >= 4 is 27.3 Å². The number of nitrogens with one attached hydrogen (secondary N) is 2. The molecule has 0 aromatic heterocycles. The summed E-state index contributed by atoms with van der Waals surface area (Å²) in [6, 6.07) is 14.7. The summed E-state index contributed by atoms with van der Waals surface area (Å²) in [4.78, 5) is 12.1. The first-order valence-electron chi connectivity index (χ1n) is 8.31. The van der Waals surface area contributed by atoms with Gasteiger partial charge in [0.1, 0.15) is 0 Å². The number of unbranched alkanes of at least 4 members (excludes halogenated alkanes) is 1. The zero-order valence-corrected chi connectivity index (χ0v) is 15.4. The van der Waals surface area contributed by atoms with Crippen molar-refractivity contribution in [2.45, 2.75) is 32.6 Å². The lowest BCUT2D eigenvalue weighted by atomic mass is 10.0. The Morgan fingerprint density at radius 1 is 0.920 bits per heavy atom. The van der Waals surface area contributed by atoms with Crippen LogP contribution in [-0.2, 0) is 27.7 Å². The van der Waals surface area contributed by atoms with Crippen LogP contribution in [0.1, 0.15) is 30.9 Å². The lowest BCUT2D eigenvalue weighted by Gasteiger charge is -2.08. The third kappa shape index (κ3) is 6.97. The smallest absolute Gasteiger partial charge is 0.229 e. The third-order valence-corrected chi connectivity index (χ3v) is 4.29. The summed E-state index contributed by atoms with van der Waals surface area (Å²) in [6.45, 7) is 2.17. The van der Waals surface area contributed by atoms with E-state index in [2.05, 4.69) is 29.1 Å². The van der Waals surface area contributed by atoms with Gasteiger partial charge in [0.05, 0.1) is 12.7 Å². The second kappa shape index (κ2) is 8.67. The maximum absolute atomic E-state index is 12.1. The van der Waals surface area contributed by atoms with Crippen molar-refractivity contribution in [2.24, 2.45) is 0 Å². The van der Waals surface area contributed by atoms with E-state index >= 15 is 0 Å². The zero-order valence-electron chi connectivity index (χ0n) is 14.6. The van der Waals surface area contributed by atoms with Gasteiger partial charge in [-0.1, -0.05) is 37.6 Å². The van der Waals surface area contributed by atoms with Gasteiger partial charge in [0.15, 0.2) is 0 Å². The highest BCUT2D eigenvalue weighted by Gasteiger charge is 2.06. The van der Waals surface area contributed by atoms with Crippen molar-refractivity contribution in [2.75, 3.05) is 16.3 Å². The summed E-state index contributed by atoms with van der Waals surface area (Å²) < 4.78 is 24.7. The van der Waals surface area contributed by atoms with Crippen LogP contribution in [-0.4, -0.2) is 20.6 Å². The first-order valence-corrected chi connectivity index (χ1v) is 10.2. The van der Waals surface area contributed by atoms with Crippen LogP contribution < -0.4 is 10.0 Å². The van der Waals surface area contributed by atoms with E-state index < -0.39 is 10.0 Å². The van der Waals surface area contributed by atoms with Crippen LogP contribution in [0.2, 0.25) is 0 Å². The molecule has 0 spiro atoms. The van der Waals surface area contributed by atoms with E-state index in [9.17, 15) is 13.2 Å². The number of carbonyl (C=O) groups excluding carboxylic acids is 1. The lowest BCUT2D eigenvalue weighted by Crippen LogP contribution is -2.14. The van der Waals surface area contributed by atoms with Crippen molar-refractivity contribution in [3.63, 3.8) is 0 Å². The van der Waals surface area contributed by atoms with Crippen LogP contribution in [0.25, 0.3) is 0 Å². The normalized spacial score (nSPS) is 11.1. The van der Waals surface area contributed by atoms with E-state index in [1.807, 2.05) is 12.1 Å². The number of carbonyl (C=O) groups is 1. The predicted molar refractivity (Wildman–Crippen MR) is 102 cm³/mol. The second-order valence-corrected chi connectivity index (χ2v) is 7.85. The summed E-state index contributed by atoms with van der Waals surface area (Å²) in [5.74, 6) is -0.106. The maximum Gasteiger partial charge on any atom is 0.229 e. The lowest BCUT2D eigenvalue weighted by molar-refractivity contribution is -0.115. The van der Waals surface area contributed by atoms with Gasteiger partial charge in [-0.05, 0) is 48.2 Å². The highest BCUT2D eigenvalue weighted by Crippen LogP contribution is 2.15. The van der Waals surface area contributed by atoms with Gasteiger partial charge >= 0.3 is 0 Å². The number of amides is 1. The number of aryl methyl sites for hydroxylation is 1. The molecule has 2 N–H and O–H groups in total. The molecule has 5 nitrogen and oxygen atoms in total. The van der Waals surface area contributed by atoms with Gasteiger partial charge in [-0.2, -0.15) is 0 Å². The Hall–Kier alpha value is -2.34. The number of benzene rings is 2. The third-order valence-electron chi connectivity index (χ3n) is 3.68. The van der Waals surface area contributed by atoms with E-state index in [1.54, 1.807) is 24.3 Å². The summed E-state index contributed by atoms with van der Waals surface area (Å²) in [6.07, 6.45) is 4.80. The van der Waals surface area contributed by atoms with Crippen LogP contribution in [0.5, 0.6) is 0 Å². The Balaban J connectivity index is 1.89.